The number of rotatable bonds is 4. The average molecular weight is 323 g/mol. The molecule has 4 atom stereocenters. The third-order valence-electron chi connectivity index (χ3n) is 4.40. The van der Waals surface area contributed by atoms with Crippen LogP contribution in [0.15, 0.2) is 24.3 Å². The summed E-state index contributed by atoms with van der Waals surface area (Å²) >= 11 is 0. The summed E-state index contributed by atoms with van der Waals surface area (Å²) in [4.78, 5) is 0. The highest BCUT2D eigenvalue weighted by molar-refractivity contribution is 5.44. The summed E-state index contributed by atoms with van der Waals surface area (Å²) in [7, 11) is 0. The molecule has 0 spiro atoms. The lowest BCUT2D eigenvalue weighted by Gasteiger charge is -2.41. The SMILES string of the molecule is CCc1ccc(NC[C@@]2(O)OC[C@H]3OC(C)(C)O[C@H]3[C@@H]2O)cc1. The molecule has 128 valence electrons. The molecule has 0 aromatic heterocycles. The normalized spacial score (nSPS) is 35.8. The largest absolute Gasteiger partial charge is 0.385 e. The molecular formula is C17H25NO5. The van der Waals surface area contributed by atoms with Gasteiger partial charge in [0.15, 0.2) is 5.79 Å². The highest BCUT2D eigenvalue weighted by Gasteiger charge is 2.56. The van der Waals surface area contributed by atoms with Crippen molar-refractivity contribution in [2.75, 3.05) is 18.5 Å². The molecule has 0 amide bonds. The number of aliphatic hydroxyl groups excluding tert-OH is 1. The molecule has 2 aliphatic rings. The molecule has 2 aliphatic heterocycles. The van der Waals surface area contributed by atoms with Gasteiger partial charge in [-0.15, -0.1) is 0 Å². The van der Waals surface area contributed by atoms with Crippen molar-refractivity contribution >= 4 is 5.69 Å². The maximum atomic E-state index is 10.6. The van der Waals surface area contributed by atoms with Gasteiger partial charge in [0.25, 0.3) is 0 Å². The van der Waals surface area contributed by atoms with E-state index in [1.807, 2.05) is 24.3 Å². The number of benzene rings is 1. The summed E-state index contributed by atoms with van der Waals surface area (Å²) in [6.07, 6.45) is -1.19. The quantitative estimate of drug-likeness (QED) is 0.774. The first-order chi connectivity index (χ1) is 10.8. The van der Waals surface area contributed by atoms with Gasteiger partial charge in [-0.1, -0.05) is 19.1 Å². The standard InChI is InChI=1S/C17H25NO5/c1-4-11-5-7-12(8-6-11)18-10-17(20)15(19)14-13(9-21-17)22-16(2,3)23-14/h5-8,13-15,18-20H,4,9-10H2,1-3H3/t13-,14-,15+,17-/m1/s1. The number of hydrogen-bond donors (Lipinski definition) is 3. The molecule has 2 saturated heterocycles. The lowest BCUT2D eigenvalue weighted by Crippen LogP contribution is -2.62. The summed E-state index contributed by atoms with van der Waals surface area (Å²) in [5, 5.41) is 24.2. The monoisotopic (exact) mass is 323 g/mol. The van der Waals surface area contributed by atoms with Crippen LogP contribution in [-0.4, -0.2) is 53.3 Å². The lowest BCUT2D eigenvalue weighted by atomic mass is 9.97. The van der Waals surface area contributed by atoms with Gasteiger partial charge in [-0.05, 0) is 38.0 Å². The molecule has 0 radical (unpaired) electrons. The fourth-order valence-corrected chi connectivity index (χ4v) is 3.07. The number of ether oxygens (including phenoxy) is 3. The van der Waals surface area contributed by atoms with Crippen molar-refractivity contribution in [3.63, 3.8) is 0 Å². The molecule has 0 unspecified atom stereocenters. The maximum absolute atomic E-state index is 10.6. The van der Waals surface area contributed by atoms with Crippen LogP contribution in [0.5, 0.6) is 0 Å². The Morgan fingerprint density at radius 3 is 2.57 bits per heavy atom. The van der Waals surface area contributed by atoms with Crippen molar-refractivity contribution in [1.29, 1.82) is 0 Å². The number of hydrogen-bond acceptors (Lipinski definition) is 6. The summed E-state index contributed by atoms with van der Waals surface area (Å²) < 4.78 is 16.9. The van der Waals surface area contributed by atoms with Gasteiger partial charge in [0, 0.05) is 5.69 Å². The first-order valence-electron chi connectivity index (χ1n) is 8.06. The van der Waals surface area contributed by atoms with Gasteiger partial charge in [-0.3, -0.25) is 0 Å². The van der Waals surface area contributed by atoms with E-state index in [0.717, 1.165) is 12.1 Å². The number of nitrogens with one attached hydrogen (secondary N) is 1. The molecule has 6 nitrogen and oxygen atoms in total. The molecule has 0 saturated carbocycles. The van der Waals surface area contributed by atoms with Crippen molar-refractivity contribution in [2.45, 2.75) is 57.1 Å². The smallest absolute Gasteiger partial charge is 0.212 e. The number of aryl methyl sites for hydroxylation is 1. The Balaban J connectivity index is 1.64. The minimum absolute atomic E-state index is 0.0621. The second-order valence-electron chi connectivity index (χ2n) is 6.64. The summed E-state index contributed by atoms with van der Waals surface area (Å²) in [6, 6.07) is 7.94. The summed E-state index contributed by atoms with van der Waals surface area (Å²) in [5.41, 5.74) is 2.10. The molecule has 3 rings (SSSR count). The number of fused-ring (bicyclic) bond motifs is 1. The maximum Gasteiger partial charge on any atom is 0.212 e. The van der Waals surface area contributed by atoms with Gasteiger partial charge in [0.05, 0.1) is 13.2 Å². The average Bonchev–Trinajstić information content (AvgIpc) is 2.85. The van der Waals surface area contributed by atoms with E-state index >= 15 is 0 Å². The Morgan fingerprint density at radius 2 is 1.91 bits per heavy atom. The second kappa shape index (κ2) is 6.03. The minimum atomic E-state index is -1.71. The second-order valence-corrected chi connectivity index (χ2v) is 6.64. The van der Waals surface area contributed by atoms with Crippen LogP contribution in [0.4, 0.5) is 5.69 Å². The van der Waals surface area contributed by atoms with Crippen molar-refractivity contribution in [1.82, 2.24) is 0 Å². The van der Waals surface area contributed by atoms with Crippen molar-refractivity contribution in [2.24, 2.45) is 0 Å². The van der Waals surface area contributed by atoms with Gasteiger partial charge in [0.2, 0.25) is 5.79 Å². The van der Waals surface area contributed by atoms with E-state index in [0.29, 0.717) is 0 Å². The third-order valence-corrected chi connectivity index (χ3v) is 4.40. The van der Waals surface area contributed by atoms with Gasteiger partial charge >= 0.3 is 0 Å². The van der Waals surface area contributed by atoms with E-state index in [1.165, 1.54) is 5.56 Å². The minimum Gasteiger partial charge on any atom is -0.385 e. The first-order valence-corrected chi connectivity index (χ1v) is 8.06. The predicted octanol–water partition coefficient (Wildman–Crippen LogP) is 1.26. The zero-order valence-corrected chi connectivity index (χ0v) is 13.8. The fraction of sp³-hybridized carbons (Fsp3) is 0.647. The van der Waals surface area contributed by atoms with Gasteiger partial charge < -0.3 is 29.7 Å². The Bertz CT molecular complexity index is 546. The number of aliphatic hydroxyl groups is 2. The van der Waals surface area contributed by atoms with Crippen LogP contribution >= 0.6 is 0 Å². The number of anilines is 1. The van der Waals surface area contributed by atoms with E-state index in [9.17, 15) is 10.2 Å². The van der Waals surface area contributed by atoms with Crippen molar-refractivity contribution < 1.29 is 24.4 Å². The van der Waals surface area contributed by atoms with E-state index in [1.54, 1.807) is 13.8 Å². The van der Waals surface area contributed by atoms with E-state index in [2.05, 4.69) is 12.2 Å². The summed E-state index contributed by atoms with van der Waals surface area (Å²) in [5.74, 6) is -2.50. The predicted molar refractivity (Wildman–Crippen MR) is 85.0 cm³/mol. The Hall–Kier alpha value is -1.18. The molecule has 2 heterocycles. The third kappa shape index (κ3) is 3.36. The molecule has 2 fully saturated rings. The van der Waals surface area contributed by atoms with Crippen LogP contribution in [0.25, 0.3) is 0 Å². The van der Waals surface area contributed by atoms with Crippen LogP contribution < -0.4 is 5.32 Å². The molecule has 0 bridgehead atoms. The molecule has 1 aromatic rings. The van der Waals surface area contributed by atoms with E-state index in [-0.39, 0.29) is 19.3 Å². The van der Waals surface area contributed by atoms with E-state index < -0.39 is 23.8 Å². The van der Waals surface area contributed by atoms with Crippen molar-refractivity contribution in [3.05, 3.63) is 29.8 Å². The summed E-state index contributed by atoms with van der Waals surface area (Å²) in [6.45, 7) is 5.90. The molecule has 3 N–H and O–H groups in total. The lowest BCUT2D eigenvalue weighted by molar-refractivity contribution is -0.298. The van der Waals surface area contributed by atoms with E-state index in [4.69, 9.17) is 14.2 Å². The van der Waals surface area contributed by atoms with Crippen molar-refractivity contribution in [3.8, 4) is 0 Å². The fourth-order valence-electron chi connectivity index (χ4n) is 3.07. The molecule has 0 aliphatic carbocycles. The zero-order valence-electron chi connectivity index (χ0n) is 13.8. The zero-order chi connectivity index (χ0) is 16.7. The van der Waals surface area contributed by atoms with Crippen LogP contribution in [0, 0.1) is 0 Å². The topological polar surface area (TPSA) is 80.2 Å². The van der Waals surface area contributed by atoms with Gasteiger partial charge in [-0.2, -0.15) is 0 Å². The van der Waals surface area contributed by atoms with Gasteiger partial charge in [0.1, 0.15) is 18.3 Å². The molecule has 1 aromatic carbocycles. The van der Waals surface area contributed by atoms with Crippen LogP contribution in [-0.2, 0) is 20.6 Å². The first kappa shape index (κ1) is 16.7. The molecular weight excluding hydrogens is 298 g/mol. The highest BCUT2D eigenvalue weighted by atomic mass is 16.8. The Labute approximate surface area is 136 Å². The van der Waals surface area contributed by atoms with Crippen LogP contribution in [0.3, 0.4) is 0 Å². The Morgan fingerprint density at radius 1 is 1.22 bits per heavy atom. The van der Waals surface area contributed by atoms with Crippen LogP contribution in [0.2, 0.25) is 0 Å². The van der Waals surface area contributed by atoms with Crippen LogP contribution in [0.1, 0.15) is 26.3 Å². The Kier molecular flexibility index (Phi) is 4.37. The molecule has 23 heavy (non-hydrogen) atoms. The molecule has 6 heteroatoms. The highest BCUT2D eigenvalue weighted by Crippen LogP contribution is 2.37. The van der Waals surface area contributed by atoms with Gasteiger partial charge in [-0.25, -0.2) is 0 Å².